The highest BCUT2D eigenvalue weighted by Gasteiger charge is 2.40. The Hall–Kier alpha value is -3.29. The molecule has 4 rings (SSSR count). The Balaban J connectivity index is 1.48. The second kappa shape index (κ2) is 11.0. The number of imidazole rings is 1. The van der Waals surface area contributed by atoms with Gasteiger partial charge in [-0.25, -0.2) is 9.55 Å². The van der Waals surface area contributed by atoms with E-state index in [1.165, 1.54) is 17.8 Å². The monoisotopic (exact) mass is 536 g/mol. The predicted octanol–water partition coefficient (Wildman–Crippen LogP) is 1.48. The van der Waals surface area contributed by atoms with E-state index >= 15 is 0 Å². The van der Waals surface area contributed by atoms with Crippen molar-refractivity contribution in [2.45, 2.75) is 57.8 Å². The molecule has 0 saturated carbocycles. The zero-order valence-electron chi connectivity index (χ0n) is 20.4. The van der Waals surface area contributed by atoms with E-state index in [0.717, 1.165) is 0 Å². The third-order valence-corrected chi connectivity index (χ3v) is 7.04. The first-order valence-electron chi connectivity index (χ1n) is 11.6. The first-order chi connectivity index (χ1) is 17.5. The Morgan fingerprint density at radius 3 is 2.78 bits per heavy atom. The molecule has 200 valence electrons. The Morgan fingerprint density at radius 2 is 2.08 bits per heavy atom. The van der Waals surface area contributed by atoms with E-state index in [2.05, 4.69) is 20.0 Å². The molecule has 37 heavy (non-hydrogen) atoms. The van der Waals surface area contributed by atoms with Gasteiger partial charge in [0.05, 0.1) is 25.1 Å². The number of carbonyl (C=O) groups is 1. The van der Waals surface area contributed by atoms with Crippen LogP contribution in [0.5, 0.6) is 5.75 Å². The summed E-state index contributed by atoms with van der Waals surface area (Å²) >= 11 is 0. The zero-order chi connectivity index (χ0) is 26.7. The highest BCUT2D eigenvalue weighted by Crippen LogP contribution is 2.46. The molecule has 2 aromatic heterocycles. The number of para-hydroxylation sites is 1. The summed E-state index contributed by atoms with van der Waals surface area (Å²) in [5.74, 6) is -0.485. The molecule has 0 bridgehead atoms. The lowest BCUT2D eigenvalue weighted by Gasteiger charge is -2.25. The van der Waals surface area contributed by atoms with Crippen LogP contribution in [-0.4, -0.2) is 61.6 Å². The number of aliphatic hydroxyl groups excluding tert-OH is 1. The molecule has 1 saturated heterocycles. The number of rotatable bonds is 10. The van der Waals surface area contributed by atoms with Gasteiger partial charge in [0, 0.05) is 6.42 Å². The second-order valence-electron chi connectivity index (χ2n) is 8.74. The molecule has 5 N–H and O–H groups in total. The Bertz CT molecular complexity index is 1350. The molecule has 0 spiro atoms. The van der Waals surface area contributed by atoms with Crippen molar-refractivity contribution in [1.29, 1.82) is 0 Å². The van der Waals surface area contributed by atoms with Crippen molar-refractivity contribution < 1.29 is 33.0 Å². The first kappa shape index (κ1) is 26.8. The lowest BCUT2D eigenvalue weighted by molar-refractivity contribution is -0.149. The van der Waals surface area contributed by atoms with Crippen LogP contribution >= 0.6 is 7.75 Å². The van der Waals surface area contributed by atoms with Crippen molar-refractivity contribution in [1.82, 2.24) is 24.6 Å². The molecule has 2 unspecified atom stereocenters. The largest absolute Gasteiger partial charge is 0.462 e. The number of carbonyl (C=O) groups excluding carboxylic acids is 1. The molecular weight excluding hydrogens is 507 g/mol. The number of nitrogens with zero attached hydrogens (tertiary/aromatic N) is 3. The number of esters is 1. The minimum Gasteiger partial charge on any atom is -0.462 e. The van der Waals surface area contributed by atoms with Gasteiger partial charge in [-0.3, -0.25) is 23.7 Å². The summed E-state index contributed by atoms with van der Waals surface area (Å²) in [7, 11) is -4.14. The standard InChI is InChI=1S/C22H29N6O8P/c1-12(2)34-21(31)13(3)27-37(32,36-14-7-5-4-6-8-14)33-10-16-15(29)9-17(35-16)28-11-24-18-19(28)25-22(23)26-20(18)30/h4-8,11-13,15-17,29H,9-10H2,1-3H3,(H,27,32)(H3,23,25,26,30)/t13-,15?,16+,17+,37?/m0/s1. The summed E-state index contributed by atoms with van der Waals surface area (Å²) in [6.45, 7) is 4.51. The molecule has 0 amide bonds. The van der Waals surface area contributed by atoms with Crippen LogP contribution in [0.3, 0.4) is 0 Å². The summed E-state index contributed by atoms with van der Waals surface area (Å²) in [4.78, 5) is 34.9. The normalized spacial score (nSPS) is 22.1. The summed E-state index contributed by atoms with van der Waals surface area (Å²) in [5, 5.41) is 13.2. The van der Waals surface area contributed by atoms with Gasteiger partial charge in [-0.1, -0.05) is 18.2 Å². The third-order valence-electron chi connectivity index (χ3n) is 5.40. The fourth-order valence-electron chi connectivity index (χ4n) is 3.70. The number of aromatic nitrogens is 4. The Kier molecular flexibility index (Phi) is 7.95. The smallest absolute Gasteiger partial charge is 0.459 e. The maximum Gasteiger partial charge on any atom is 0.459 e. The molecule has 1 aliphatic rings. The van der Waals surface area contributed by atoms with Crippen LogP contribution in [0.25, 0.3) is 11.2 Å². The van der Waals surface area contributed by atoms with Gasteiger partial charge in [-0.15, -0.1) is 0 Å². The number of aromatic amines is 1. The Morgan fingerprint density at radius 1 is 1.35 bits per heavy atom. The van der Waals surface area contributed by atoms with Crippen LogP contribution in [0, 0.1) is 0 Å². The zero-order valence-corrected chi connectivity index (χ0v) is 21.3. The van der Waals surface area contributed by atoms with E-state index in [1.54, 1.807) is 44.2 Å². The maximum atomic E-state index is 13.6. The molecule has 3 aromatic rings. The van der Waals surface area contributed by atoms with E-state index < -0.39 is 43.8 Å². The highest BCUT2D eigenvalue weighted by molar-refractivity contribution is 7.52. The van der Waals surface area contributed by atoms with E-state index in [0.29, 0.717) is 0 Å². The fraction of sp³-hybridized carbons (Fsp3) is 0.455. The minimum atomic E-state index is -4.14. The van der Waals surface area contributed by atoms with Crippen molar-refractivity contribution in [3.8, 4) is 5.75 Å². The molecule has 1 aliphatic heterocycles. The van der Waals surface area contributed by atoms with Crippen LogP contribution in [0.15, 0.2) is 41.5 Å². The van der Waals surface area contributed by atoms with E-state index in [-0.39, 0.29) is 42.0 Å². The van der Waals surface area contributed by atoms with Gasteiger partial charge in [-0.2, -0.15) is 10.1 Å². The topological polar surface area (TPSA) is 193 Å². The number of anilines is 1. The number of nitrogen functional groups attached to an aromatic ring is 1. The van der Waals surface area contributed by atoms with Gasteiger partial charge in [-0.05, 0) is 32.9 Å². The van der Waals surface area contributed by atoms with Crippen molar-refractivity contribution in [3.05, 3.63) is 47.0 Å². The number of H-pyrrole nitrogens is 1. The SMILES string of the molecule is CC(C)OC(=O)[C@H](C)NP(=O)(OC[C@H]1O[C@@H](n2cnc3c(=O)[nH]c(N)nc32)CC1O)Oc1ccccc1. The van der Waals surface area contributed by atoms with Crippen molar-refractivity contribution in [2.24, 2.45) is 0 Å². The number of nitrogens with one attached hydrogen (secondary N) is 2. The third kappa shape index (κ3) is 6.35. The average molecular weight is 536 g/mol. The van der Waals surface area contributed by atoms with E-state index in [1.807, 2.05) is 0 Å². The van der Waals surface area contributed by atoms with Crippen LogP contribution in [0.4, 0.5) is 5.95 Å². The van der Waals surface area contributed by atoms with Crippen LogP contribution < -0.4 is 20.9 Å². The number of benzene rings is 1. The molecule has 5 atom stereocenters. The van der Waals surface area contributed by atoms with Gasteiger partial charge >= 0.3 is 13.7 Å². The number of nitrogens with two attached hydrogens (primary N) is 1. The maximum absolute atomic E-state index is 13.6. The van der Waals surface area contributed by atoms with Crippen molar-refractivity contribution in [3.63, 3.8) is 0 Å². The van der Waals surface area contributed by atoms with Crippen LogP contribution in [0.2, 0.25) is 0 Å². The molecule has 0 radical (unpaired) electrons. The highest BCUT2D eigenvalue weighted by atomic mass is 31.2. The van der Waals surface area contributed by atoms with Crippen molar-refractivity contribution in [2.75, 3.05) is 12.3 Å². The van der Waals surface area contributed by atoms with Gasteiger partial charge in [0.15, 0.2) is 11.2 Å². The van der Waals surface area contributed by atoms with Crippen LogP contribution in [0.1, 0.15) is 33.4 Å². The number of hydrogen-bond acceptors (Lipinski definition) is 11. The average Bonchev–Trinajstić information content (AvgIpc) is 3.41. The molecule has 14 nitrogen and oxygen atoms in total. The van der Waals surface area contributed by atoms with Gasteiger partial charge in [0.25, 0.3) is 5.56 Å². The molecule has 15 heteroatoms. The Labute approximate surface area is 211 Å². The molecular formula is C22H29N6O8P. The number of fused-ring (bicyclic) bond motifs is 1. The molecule has 1 fully saturated rings. The van der Waals surface area contributed by atoms with E-state index in [9.17, 15) is 19.3 Å². The minimum absolute atomic E-state index is 0.0687. The summed E-state index contributed by atoms with van der Waals surface area (Å²) in [6, 6.07) is 7.27. The molecule has 0 aliphatic carbocycles. The molecule has 3 heterocycles. The van der Waals surface area contributed by atoms with Gasteiger partial charge in [0.1, 0.15) is 24.1 Å². The van der Waals surface area contributed by atoms with Crippen LogP contribution in [-0.2, 0) is 23.4 Å². The van der Waals surface area contributed by atoms with Gasteiger partial charge in [0.2, 0.25) is 5.95 Å². The van der Waals surface area contributed by atoms with E-state index in [4.69, 9.17) is 24.3 Å². The number of aliphatic hydroxyl groups is 1. The summed E-state index contributed by atoms with van der Waals surface area (Å²) in [6.07, 6.45) is -1.58. The first-order valence-corrected chi connectivity index (χ1v) is 13.1. The fourth-order valence-corrected chi connectivity index (χ4v) is 5.20. The molecule has 1 aromatic carbocycles. The predicted molar refractivity (Wildman–Crippen MR) is 132 cm³/mol. The lowest BCUT2D eigenvalue weighted by Crippen LogP contribution is -2.37. The second-order valence-corrected chi connectivity index (χ2v) is 10.4. The quantitative estimate of drug-likeness (QED) is 0.216. The lowest BCUT2D eigenvalue weighted by atomic mass is 10.2. The number of ether oxygens (including phenoxy) is 2. The van der Waals surface area contributed by atoms with Crippen molar-refractivity contribution >= 4 is 30.8 Å². The summed E-state index contributed by atoms with van der Waals surface area (Å²) in [5.41, 5.74) is 5.41. The number of hydrogen-bond donors (Lipinski definition) is 4. The summed E-state index contributed by atoms with van der Waals surface area (Å²) < 4.78 is 37.4. The van der Waals surface area contributed by atoms with Gasteiger partial charge < -0.3 is 24.8 Å².